The monoisotopic (exact) mass is 237 g/mol. The van der Waals surface area contributed by atoms with E-state index in [2.05, 4.69) is 15.3 Å². The molecule has 1 amide bonds. The Bertz CT molecular complexity index is 533. The number of amides is 1. The van der Waals surface area contributed by atoms with E-state index in [9.17, 15) is 4.79 Å². The maximum Gasteiger partial charge on any atom is 0.267 e. The Morgan fingerprint density at radius 3 is 2.94 bits per heavy atom. The molecule has 0 radical (unpaired) electrons. The lowest BCUT2D eigenvalue weighted by Gasteiger charge is -2.05. The minimum Gasteiger partial charge on any atom is -0.350 e. The average Bonchev–Trinajstić information content (AvgIpc) is 2.61. The molecule has 0 fully saturated rings. The summed E-state index contributed by atoms with van der Waals surface area (Å²) in [6, 6.07) is 3.60. The van der Waals surface area contributed by atoms with Gasteiger partial charge in [0, 0.05) is 17.6 Å². The second-order valence-electron chi connectivity index (χ2n) is 3.87. The lowest BCUT2D eigenvalue weighted by Crippen LogP contribution is -2.30. The predicted molar refractivity (Wildman–Crippen MR) is 63.7 cm³/mol. The number of halogens is 1. The van der Waals surface area contributed by atoms with E-state index in [4.69, 9.17) is 11.6 Å². The van der Waals surface area contributed by atoms with Crippen molar-refractivity contribution in [1.82, 2.24) is 15.3 Å². The molecule has 16 heavy (non-hydrogen) atoms. The number of carbonyl (C=O) groups is 1. The van der Waals surface area contributed by atoms with E-state index in [0.717, 1.165) is 10.9 Å². The van der Waals surface area contributed by atoms with Gasteiger partial charge in [-0.25, -0.2) is 4.98 Å². The van der Waals surface area contributed by atoms with Gasteiger partial charge in [0.05, 0.1) is 5.52 Å². The van der Waals surface area contributed by atoms with E-state index in [-0.39, 0.29) is 11.9 Å². The fourth-order valence-corrected chi connectivity index (χ4v) is 1.69. The lowest BCUT2D eigenvalue weighted by atomic mass is 10.3. The molecule has 2 aromatic rings. The van der Waals surface area contributed by atoms with Gasteiger partial charge in [0.1, 0.15) is 10.8 Å². The number of pyridine rings is 1. The number of nitrogens with one attached hydrogen (secondary N) is 2. The second-order valence-corrected chi connectivity index (χ2v) is 4.23. The normalized spacial score (nSPS) is 11.0. The van der Waals surface area contributed by atoms with E-state index in [1.807, 2.05) is 13.8 Å². The van der Waals surface area contributed by atoms with Crippen LogP contribution in [0.1, 0.15) is 24.3 Å². The van der Waals surface area contributed by atoms with Gasteiger partial charge < -0.3 is 10.3 Å². The molecule has 0 spiro atoms. The molecule has 0 bridgehead atoms. The third kappa shape index (κ3) is 2.02. The van der Waals surface area contributed by atoms with Crippen molar-refractivity contribution < 1.29 is 4.79 Å². The number of hydrogen-bond acceptors (Lipinski definition) is 2. The average molecular weight is 238 g/mol. The zero-order valence-corrected chi connectivity index (χ0v) is 9.80. The molecular weight excluding hydrogens is 226 g/mol. The van der Waals surface area contributed by atoms with Gasteiger partial charge >= 0.3 is 0 Å². The summed E-state index contributed by atoms with van der Waals surface area (Å²) in [5, 5.41) is 3.97. The second kappa shape index (κ2) is 4.14. The van der Waals surface area contributed by atoms with Gasteiger partial charge in [-0.2, -0.15) is 0 Å². The van der Waals surface area contributed by atoms with E-state index in [1.54, 1.807) is 18.3 Å². The van der Waals surface area contributed by atoms with Gasteiger partial charge in [0.15, 0.2) is 0 Å². The first-order valence-electron chi connectivity index (χ1n) is 5.02. The maximum absolute atomic E-state index is 11.7. The molecule has 2 aromatic heterocycles. The third-order valence-corrected chi connectivity index (χ3v) is 2.47. The number of hydrogen-bond donors (Lipinski definition) is 2. The molecule has 2 N–H and O–H groups in total. The molecule has 0 atom stereocenters. The van der Waals surface area contributed by atoms with Crippen LogP contribution >= 0.6 is 11.6 Å². The molecular formula is C11H12ClN3O. The van der Waals surface area contributed by atoms with E-state index in [0.29, 0.717) is 10.8 Å². The highest BCUT2D eigenvalue weighted by Crippen LogP contribution is 2.21. The Morgan fingerprint density at radius 1 is 1.56 bits per heavy atom. The summed E-state index contributed by atoms with van der Waals surface area (Å²) in [5.74, 6) is -0.137. The molecule has 0 unspecified atom stereocenters. The van der Waals surface area contributed by atoms with Crippen molar-refractivity contribution >= 4 is 28.4 Å². The first-order chi connectivity index (χ1) is 7.58. The van der Waals surface area contributed by atoms with E-state index >= 15 is 0 Å². The summed E-state index contributed by atoms with van der Waals surface area (Å²) < 4.78 is 0. The van der Waals surface area contributed by atoms with Crippen LogP contribution in [0.2, 0.25) is 5.15 Å². The highest BCUT2D eigenvalue weighted by molar-refractivity contribution is 6.34. The van der Waals surface area contributed by atoms with Crippen LogP contribution < -0.4 is 5.32 Å². The van der Waals surface area contributed by atoms with Crippen LogP contribution in [0.25, 0.3) is 10.9 Å². The Kier molecular flexibility index (Phi) is 2.83. The molecule has 0 aliphatic rings. The van der Waals surface area contributed by atoms with Crippen LogP contribution in [-0.2, 0) is 0 Å². The topological polar surface area (TPSA) is 57.8 Å². The molecule has 2 rings (SSSR count). The molecule has 84 valence electrons. The van der Waals surface area contributed by atoms with Crippen LogP contribution in [-0.4, -0.2) is 21.9 Å². The van der Waals surface area contributed by atoms with Gasteiger partial charge in [0.25, 0.3) is 5.91 Å². The quantitative estimate of drug-likeness (QED) is 0.788. The number of carbonyl (C=O) groups excluding carboxylic acids is 1. The van der Waals surface area contributed by atoms with Crippen molar-refractivity contribution in [2.75, 3.05) is 0 Å². The molecule has 0 saturated heterocycles. The van der Waals surface area contributed by atoms with Gasteiger partial charge in [-0.05, 0) is 26.0 Å². The summed E-state index contributed by atoms with van der Waals surface area (Å²) in [6.07, 6.45) is 1.60. The van der Waals surface area contributed by atoms with Crippen LogP contribution in [0.15, 0.2) is 18.3 Å². The maximum atomic E-state index is 11.7. The number of fused-ring (bicyclic) bond motifs is 1. The fourth-order valence-electron chi connectivity index (χ4n) is 1.48. The van der Waals surface area contributed by atoms with Gasteiger partial charge in [-0.1, -0.05) is 11.6 Å². The summed E-state index contributed by atoms with van der Waals surface area (Å²) in [4.78, 5) is 18.7. The van der Waals surface area contributed by atoms with Crippen LogP contribution in [0.3, 0.4) is 0 Å². The Hall–Kier alpha value is -1.55. The Morgan fingerprint density at radius 2 is 2.31 bits per heavy atom. The number of H-pyrrole nitrogens is 1. The first kappa shape index (κ1) is 11.0. The van der Waals surface area contributed by atoms with Crippen LogP contribution in [0.4, 0.5) is 0 Å². The number of nitrogens with zero attached hydrogens (tertiary/aromatic N) is 1. The number of aromatic amines is 1. The summed E-state index contributed by atoms with van der Waals surface area (Å²) in [6.45, 7) is 3.82. The minimum absolute atomic E-state index is 0.104. The van der Waals surface area contributed by atoms with Crippen molar-refractivity contribution in [1.29, 1.82) is 0 Å². The van der Waals surface area contributed by atoms with E-state index in [1.165, 1.54) is 0 Å². The molecule has 0 aromatic carbocycles. The first-order valence-corrected chi connectivity index (χ1v) is 5.40. The SMILES string of the molecule is CC(C)NC(=O)c1cc2c(Cl)nccc2[nH]1. The summed E-state index contributed by atoms with van der Waals surface area (Å²) >= 11 is 5.92. The lowest BCUT2D eigenvalue weighted by molar-refractivity contribution is 0.0939. The van der Waals surface area contributed by atoms with Gasteiger partial charge in [-0.15, -0.1) is 0 Å². The zero-order valence-electron chi connectivity index (χ0n) is 9.04. The number of rotatable bonds is 2. The molecule has 5 heteroatoms. The molecule has 4 nitrogen and oxygen atoms in total. The van der Waals surface area contributed by atoms with Crippen molar-refractivity contribution in [3.8, 4) is 0 Å². The van der Waals surface area contributed by atoms with Crippen molar-refractivity contribution in [2.24, 2.45) is 0 Å². The largest absolute Gasteiger partial charge is 0.350 e. The Balaban J connectivity index is 2.40. The van der Waals surface area contributed by atoms with Gasteiger partial charge in [-0.3, -0.25) is 4.79 Å². The molecule has 2 heterocycles. The smallest absolute Gasteiger partial charge is 0.267 e. The highest BCUT2D eigenvalue weighted by Gasteiger charge is 2.11. The molecule has 0 aliphatic heterocycles. The zero-order chi connectivity index (χ0) is 11.7. The van der Waals surface area contributed by atoms with Crippen LogP contribution in [0, 0.1) is 0 Å². The van der Waals surface area contributed by atoms with E-state index < -0.39 is 0 Å². The number of aromatic nitrogens is 2. The standard InChI is InChI=1S/C11H12ClN3O/c1-6(2)14-11(16)9-5-7-8(15-9)3-4-13-10(7)12/h3-6,15H,1-2H3,(H,14,16). The summed E-state index contributed by atoms with van der Waals surface area (Å²) in [7, 11) is 0. The fraction of sp³-hybridized carbons (Fsp3) is 0.273. The van der Waals surface area contributed by atoms with Crippen molar-refractivity contribution in [3.05, 3.63) is 29.2 Å². The molecule has 0 aliphatic carbocycles. The Labute approximate surface area is 98.0 Å². The molecule has 0 saturated carbocycles. The summed E-state index contributed by atoms with van der Waals surface area (Å²) in [5.41, 5.74) is 1.31. The van der Waals surface area contributed by atoms with Crippen molar-refractivity contribution in [2.45, 2.75) is 19.9 Å². The predicted octanol–water partition coefficient (Wildman–Crippen LogP) is 2.35. The van der Waals surface area contributed by atoms with Crippen molar-refractivity contribution in [3.63, 3.8) is 0 Å². The minimum atomic E-state index is -0.137. The van der Waals surface area contributed by atoms with Gasteiger partial charge in [0.2, 0.25) is 0 Å². The van der Waals surface area contributed by atoms with Crippen LogP contribution in [0.5, 0.6) is 0 Å². The third-order valence-electron chi connectivity index (χ3n) is 2.16. The highest BCUT2D eigenvalue weighted by atomic mass is 35.5.